The summed E-state index contributed by atoms with van der Waals surface area (Å²) in [5.41, 5.74) is 4.71. The Balaban J connectivity index is 1.85. The van der Waals surface area contributed by atoms with Gasteiger partial charge in [-0.25, -0.2) is 0 Å². The molecule has 0 N–H and O–H groups in total. The molecule has 200 valence electrons. The van der Waals surface area contributed by atoms with E-state index in [4.69, 9.17) is 0 Å². The van der Waals surface area contributed by atoms with Gasteiger partial charge >= 0.3 is 226 Å². The Morgan fingerprint density at radius 3 is 2.17 bits per heavy atom. The fraction of sp³-hybridized carbons (Fsp3) is 0.676. The molecule has 1 aromatic carbocycles. The molecule has 1 heterocycles. The Labute approximate surface area is 225 Å². The fourth-order valence-corrected chi connectivity index (χ4v) is 20.4. The molecule has 1 aromatic rings. The maximum absolute atomic E-state index is 2.97. The van der Waals surface area contributed by atoms with E-state index in [1.807, 2.05) is 0 Å². The van der Waals surface area contributed by atoms with Crippen molar-refractivity contribution >= 4 is 26.7 Å². The standard InChI is InChI=1S/C34H54P2/c1-4-6-7-14-19-29-36(3,34(5-2)27-20-28-35-34,33-26-25-30-21-17-18-24-32(30)33)31-22-15-12-10-8-9-11-13-16-23-31/h17-18,20-21,24-28,31,33H,4-16,19,22-23,29H2,1-3H3. The van der Waals surface area contributed by atoms with Crippen molar-refractivity contribution in [2.24, 2.45) is 0 Å². The first-order valence-corrected chi connectivity index (χ1v) is 19.6. The van der Waals surface area contributed by atoms with Crippen LogP contribution in [0.5, 0.6) is 0 Å². The molecule has 0 nitrogen and oxygen atoms in total. The Hall–Kier alpha value is -0.700. The Morgan fingerprint density at radius 2 is 1.53 bits per heavy atom. The van der Waals surface area contributed by atoms with Crippen LogP contribution in [0.3, 0.4) is 0 Å². The van der Waals surface area contributed by atoms with Gasteiger partial charge in [0.2, 0.25) is 0 Å². The first kappa shape index (κ1) is 28.3. The third-order valence-electron chi connectivity index (χ3n) is 10.6. The van der Waals surface area contributed by atoms with Crippen molar-refractivity contribution in [3.63, 3.8) is 0 Å². The molecule has 0 bridgehead atoms. The minimum atomic E-state index is -2.35. The third-order valence-corrected chi connectivity index (χ3v) is 22.7. The predicted molar refractivity (Wildman–Crippen MR) is 170 cm³/mol. The van der Waals surface area contributed by atoms with E-state index in [0.717, 1.165) is 5.66 Å². The van der Waals surface area contributed by atoms with Gasteiger partial charge in [-0.15, -0.1) is 0 Å². The first-order chi connectivity index (χ1) is 17.6. The van der Waals surface area contributed by atoms with Gasteiger partial charge in [0.1, 0.15) is 0 Å². The van der Waals surface area contributed by atoms with Gasteiger partial charge in [0, 0.05) is 0 Å². The van der Waals surface area contributed by atoms with Crippen LogP contribution in [0.2, 0.25) is 0 Å². The number of benzene rings is 1. The van der Waals surface area contributed by atoms with E-state index in [2.05, 4.69) is 74.9 Å². The Bertz CT molecular complexity index is 903. The SMILES string of the molecule is CCCCCCCP(C)(C1CCCCCCCCCC1)(C1C=Cc2ccccc21)C1(CC)C=CC=P1. The van der Waals surface area contributed by atoms with Crippen LogP contribution < -0.4 is 0 Å². The first-order valence-electron chi connectivity index (χ1n) is 15.6. The topological polar surface area (TPSA) is 0 Å². The molecule has 0 aromatic heterocycles. The monoisotopic (exact) mass is 524 g/mol. The molecule has 1 aliphatic heterocycles. The summed E-state index contributed by atoms with van der Waals surface area (Å²) in [6.07, 6.45) is 34.9. The summed E-state index contributed by atoms with van der Waals surface area (Å²) in [7, 11) is 1.60. The fourth-order valence-electron chi connectivity index (χ4n) is 8.43. The molecular weight excluding hydrogens is 470 g/mol. The average molecular weight is 525 g/mol. The van der Waals surface area contributed by atoms with E-state index in [0.29, 0.717) is 10.6 Å². The number of fused-ring (bicyclic) bond motifs is 1. The zero-order chi connectivity index (χ0) is 25.3. The van der Waals surface area contributed by atoms with Gasteiger partial charge in [-0.05, 0) is 0 Å². The van der Waals surface area contributed by atoms with Gasteiger partial charge < -0.3 is 0 Å². The van der Waals surface area contributed by atoms with Crippen LogP contribution >= 0.6 is 14.8 Å². The van der Waals surface area contributed by atoms with E-state index in [9.17, 15) is 0 Å². The molecule has 1 fully saturated rings. The molecule has 2 aliphatic carbocycles. The second-order valence-electron chi connectivity index (χ2n) is 12.5. The minimum absolute atomic E-state index is 0.341. The predicted octanol–water partition coefficient (Wildman–Crippen LogP) is 11.6. The van der Waals surface area contributed by atoms with E-state index in [1.165, 1.54) is 114 Å². The molecule has 0 radical (unpaired) electrons. The van der Waals surface area contributed by atoms with Crippen LogP contribution in [0.1, 0.15) is 133 Å². The van der Waals surface area contributed by atoms with Gasteiger partial charge in [-0.3, -0.25) is 0 Å². The van der Waals surface area contributed by atoms with Crippen LogP contribution in [-0.2, 0) is 0 Å². The van der Waals surface area contributed by atoms with Gasteiger partial charge in [0.25, 0.3) is 0 Å². The van der Waals surface area contributed by atoms with Crippen LogP contribution in [0, 0.1) is 0 Å². The van der Waals surface area contributed by atoms with E-state index in [-0.39, 0.29) is 0 Å². The van der Waals surface area contributed by atoms with Crippen molar-refractivity contribution in [3.8, 4) is 0 Å². The number of rotatable bonds is 10. The van der Waals surface area contributed by atoms with Gasteiger partial charge in [0.15, 0.2) is 0 Å². The number of unbranched alkanes of at least 4 members (excludes halogenated alkanes) is 4. The molecule has 1 saturated carbocycles. The maximum atomic E-state index is 2.97. The molecule has 2 unspecified atom stereocenters. The summed E-state index contributed by atoms with van der Waals surface area (Å²) in [6.45, 7) is 5.51. The molecule has 2 atom stereocenters. The molecule has 2 heteroatoms. The summed E-state index contributed by atoms with van der Waals surface area (Å²) in [5, 5.41) is 0. The second kappa shape index (κ2) is 12.9. The summed E-state index contributed by atoms with van der Waals surface area (Å²) < 4.78 is 0. The Morgan fingerprint density at radius 1 is 0.861 bits per heavy atom. The Kier molecular flexibility index (Phi) is 10.1. The van der Waals surface area contributed by atoms with Crippen molar-refractivity contribution < 1.29 is 0 Å². The quantitative estimate of drug-likeness (QED) is 0.211. The van der Waals surface area contributed by atoms with Crippen molar-refractivity contribution in [1.82, 2.24) is 0 Å². The molecule has 4 rings (SSSR count). The molecule has 0 amide bonds. The molecule has 36 heavy (non-hydrogen) atoms. The zero-order valence-corrected chi connectivity index (χ0v) is 25.6. The van der Waals surface area contributed by atoms with Gasteiger partial charge in [0.05, 0.1) is 0 Å². The normalized spacial score (nSPS) is 26.9. The van der Waals surface area contributed by atoms with Crippen molar-refractivity contribution in [2.45, 2.75) is 133 Å². The zero-order valence-electron chi connectivity index (χ0n) is 23.8. The number of hydrogen-bond acceptors (Lipinski definition) is 0. The van der Waals surface area contributed by atoms with Crippen LogP contribution in [-0.4, -0.2) is 29.2 Å². The molecular formula is C34H54P2. The average Bonchev–Trinajstić information content (AvgIpc) is 3.56. The van der Waals surface area contributed by atoms with E-state index >= 15 is 0 Å². The number of allylic oxidation sites excluding steroid dienone is 3. The summed E-state index contributed by atoms with van der Waals surface area (Å²) in [4.78, 5) is 0.341. The van der Waals surface area contributed by atoms with Crippen LogP contribution in [0.4, 0.5) is 0 Å². The van der Waals surface area contributed by atoms with Gasteiger partial charge in [-0.1, -0.05) is 0 Å². The van der Waals surface area contributed by atoms with E-state index in [1.54, 1.807) is 13.8 Å². The summed E-state index contributed by atoms with van der Waals surface area (Å²) in [6, 6.07) is 9.48. The van der Waals surface area contributed by atoms with Crippen LogP contribution in [0.25, 0.3) is 6.08 Å². The summed E-state index contributed by atoms with van der Waals surface area (Å²) >= 11 is 0. The molecule has 0 spiro atoms. The van der Waals surface area contributed by atoms with Gasteiger partial charge in [-0.2, -0.15) is 0 Å². The van der Waals surface area contributed by atoms with E-state index < -0.39 is 6.60 Å². The molecule has 0 saturated heterocycles. The van der Waals surface area contributed by atoms with Crippen LogP contribution in [0.15, 0.2) is 42.5 Å². The molecule has 3 aliphatic rings. The van der Waals surface area contributed by atoms with Crippen molar-refractivity contribution in [3.05, 3.63) is 53.6 Å². The summed E-state index contributed by atoms with van der Waals surface area (Å²) in [5.74, 6) is 2.52. The number of hydrogen-bond donors (Lipinski definition) is 0. The van der Waals surface area contributed by atoms with Crippen molar-refractivity contribution in [2.75, 3.05) is 12.8 Å². The van der Waals surface area contributed by atoms with Crippen molar-refractivity contribution in [1.29, 1.82) is 0 Å². The second-order valence-corrected chi connectivity index (χ2v) is 20.7. The third kappa shape index (κ3) is 5.26.